The lowest BCUT2D eigenvalue weighted by molar-refractivity contribution is -0.0498. The molecule has 0 radical (unpaired) electrons. The van der Waals surface area contributed by atoms with Gasteiger partial charge in [-0.25, -0.2) is 0 Å². The summed E-state index contributed by atoms with van der Waals surface area (Å²) in [5.41, 5.74) is 2.11. The van der Waals surface area contributed by atoms with Crippen molar-refractivity contribution in [1.82, 2.24) is 20.4 Å². The van der Waals surface area contributed by atoms with Crippen molar-refractivity contribution >= 4 is 5.91 Å². The lowest BCUT2D eigenvalue weighted by atomic mass is 10.2. The normalized spacial score (nSPS) is 14.1. The Balaban J connectivity index is 1.61. The van der Waals surface area contributed by atoms with E-state index in [2.05, 4.69) is 20.5 Å². The summed E-state index contributed by atoms with van der Waals surface area (Å²) in [5.74, 6) is -0.409. The largest absolute Gasteiger partial charge is 0.435 e. The molecule has 2 N–H and O–H groups in total. The van der Waals surface area contributed by atoms with Crippen LogP contribution in [0.1, 0.15) is 28.2 Å². The number of alkyl halides is 2. The summed E-state index contributed by atoms with van der Waals surface area (Å²) < 4.78 is 30.7. The standard InChI is InChI=1S/C16H18F2N4O2/c17-16(18)24-14-4-1-3-11(7-14)15(23)20-9-12-8-13-10-19-5-2-6-22(13)21-12/h1,3-4,7-8,16,19H,2,5-6,9-10H2,(H,20,23). The minimum atomic E-state index is -2.92. The van der Waals surface area contributed by atoms with Gasteiger partial charge < -0.3 is 15.4 Å². The van der Waals surface area contributed by atoms with E-state index in [0.717, 1.165) is 37.4 Å². The smallest absolute Gasteiger partial charge is 0.387 e. The third-order valence-electron chi connectivity index (χ3n) is 3.69. The number of nitrogens with one attached hydrogen (secondary N) is 2. The SMILES string of the molecule is O=C(NCc1cc2n(n1)CCCNC2)c1cccc(OC(F)F)c1. The minimum absolute atomic E-state index is 0.0440. The fraction of sp³-hybridized carbons (Fsp3) is 0.375. The van der Waals surface area contributed by atoms with E-state index in [0.29, 0.717) is 0 Å². The second-order valence-corrected chi connectivity index (χ2v) is 5.47. The summed E-state index contributed by atoms with van der Waals surface area (Å²) in [6.45, 7) is -0.0690. The molecule has 1 aromatic heterocycles. The number of aryl methyl sites for hydroxylation is 1. The van der Waals surface area contributed by atoms with Crippen molar-refractivity contribution in [2.45, 2.75) is 32.7 Å². The fourth-order valence-electron chi connectivity index (χ4n) is 2.59. The molecule has 2 aromatic rings. The van der Waals surface area contributed by atoms with E-state index < -0.39 is 6.61 Å². The maximum Gasteiger partial charge on any atom is 0.387 e. The van der Waals surface area contributed by atoms with Crippen LogP contribution in [0.4, 0.5) is 8.78 Å². The van der Waals surface area contributed by atoms with E-state index in [1.54, 1.807) is 6.07 Å². The number of hydrogen-bond donors (Lipinski definition) is 2. The lowest BCUT2D eigenvalue weighted by Gasteiger charge is -2.07. The quantitative estimate of drug-likeness (QED) is 0.875. The number of aromatic nitrogens is 2. The second-order valence-electron chi connectivity index (χ2n) is 5.47. The van der Waals surface area contributed by atoms with Crippen molar-refractivity contribution in [2.75, 3.05) is 6.54 Å². The lowest BCUT2D eigenvalue weighted by Crippen LogP contribution is -2.23. The first-order valence-corrected chi connectivity index (χ1v) is 7.71. The van der Waals surface area contributed by atoms with E-state index in [1.165, 1.54) is 18.2 Å². The maximum absolute atomic E-state index is 12.2. The fourth-order valence-corrected chi connectivity index (χ4v) is 2.59. The van der Waals surface area contributed by atoms with Crippen molar-refractivity contribution in [1.29, 1.82) is 0 Å². The average Bonchev–Trinajstić information content (AvgIpc) is 2.81. The predicted molar refractivity (Wildman–Crippen MR) is 82.8 cm³/mol. The van der Waals surface area contributed by atoms with E-state index in [-0.39, 0.29) is 23.8 Å². The molecule has 1 aromatic carbocycles. The number of carbonyl (C=O) groups excluding carboxylic acids is 1. The van der Waals surface area contributed by atoms with Crippen molar-refractivity contribution < 1.29 is 18.3 Å². The number of halogens is 2. The molecule has 0 unspecified atom stereocenters. The first kappa shape index (κ1) is 16.4. The molecule has 3 rings (SSSR count). The van der Waals surface area contributed by atoms with Gasteiger partial charge in [-0.1, -0.05) is 6.07 Å². The number of carbonyl (C=O) groups is 1. The zero-order chi connectivity index (χ0) is 16.9. The summed E-state index contributed by atoms with van der Waals surface area (Å²) in [6, 6.07) is 7.65. The number of rotatable bonds is 5. The number of ether oxygens (including phenoxy) is 1. The molecule has 1 amide bonds. The van der Waals surface area contributed by atoms with Crippen LogP contribution in [0.25, 0.3) is 0 Å². The molecule has 0 spiro atoms. The molecule has 6 nitrogen and oxygen atoms in total. The van der Waals surface area contributed by atoms with Crippen LogP contribution in [-0.2, 0) is 19.6 Å². The number of amides is 1. The third-order valence-corrected chi connectivity index (χ3v) is 3.69. The van der Waals surface area contributed by atoms with Crippen LogP contribution in [0, 0.1) is 0 Å². The monoisotopic (exact) mass is 336 g/mol. The first-order valence-electron chi connectivity index (χ1n) is 7.71. The van der Waals surface area contributed by atoms with Gasteiger partial charge in [-0.15, -0.1) is 0 Å². The average molecular weight is 336 g/mol. The molecular formula is C16H18F2N4O2. The summed E-state index contributed by atoms with van der Waals surface area (Å²) in [4.78, 5) is 12.2. The first-order chi connectivity index (χ1) is 11.6. The number of fused-ring (bicyclic) bond motifs is 1. The van der Waals surface area contributed by atoms with Crippen LogP contribution in [0.5, 0.6) is 5.75 Å². The van der Waals surface area contributed by atoms with Crippen LogP contribution in [-0.4, -0.2) is 28.8 Å². The Hall–Kier alpha value is -2.48. The molecule has 0 saturated heterocycles. The van der Waals surface area contributed by atoms with Gasteiger partial charge in [-0.3, -0.25) is 9.48 Å². The third kappa shape index (κ3) is 4.08. The van der Waals surface area contributed by atoms with E-state index >= 15 is 0 Å². The molecular weight excluding hydrogens is 318 g/mol. The molecule has 128 valence electrons. The minimum Gasteiger partial charge on any atom is -0.435 e. The van der Waals surface area contributed by atoms with Gasteiger partial charge in [0.15, 0.2) is 0 Å². The van der Waals surface area contributed by atoms with Gasteiger partial charge in [0, 0.05) is 18.7 Å². The van der Waals surface area contributed by atoms with Gasteiger partial charge in [0.1, 0.15) is 5.75 Å². The van der Waals surface area contributed by atoms with Crippen molar-refractivity contribution in [2.24, 2.45) is 0 Å². The second kappa shape index (κ2) is 7.39. The van der Waals surface area contributed by atoms with Gasteiger partial charge in [0.25, 0.3) is 5.91 Å². The van der Waals surface area contributed by atoms with E-state index in [9.17, 15) is 13.6 Å². The molecule has 0 fully saturated rings. The molecule has 0 atom stereocenters. The molecule has 0 bridgehead atoms. The highest BCUT2D eigenvalue weighted by Gasteiger charge is 2.13. The molecule has 1 aliphatic heterocycles. The topological polar surface area (TPSA) is 68.2 Å². The van der Waals surface area contributed by atoms with Crippen LogP contribution in [0.15, 0.2) is 30.3 Å². The Morgan fingerprint density at radius 3 is 3.12 bits per heavy atom. The highest BCUT2D eigenvalue weighted by atomic mass is 19.3. The predicted octanol–water partition coefficient (Wildman–Crippen LogP) is 1.91. The summed E-state index contributed by atoms with van der Waals surface area (Å²) in [7, 11) is 0. The van der Waals surface area contributed by atoms with Crippen molar-refractivity contribution in [3.05, 3.63) is 47.3 Å². The van der Waals surface area contributed by atoms with Gasteiger partial charge in [-0.05, 0) is 37.2 Å². The maximum atomic E-state index is 12.2. The van der Waals surface area contributed by atoms with Crippen LogP contribution >= 0.6 is 0 Å². The highest BCUT2D eigenvalue weighted by Crippen LogP contribution is 2.16. The van der Waals surface area contributed by atoms with E-state index in [4.69, 9.17) is 0 Å². The molecule has 8 heteroatoms. The number of nitrogens with zero attached hydrogens (tertiary/aromatic N) is 2. The molecule has 24 heavy (non-hydrogen) atoms. The van der Waals surface area contributed by atoms with Crippen LogP contribution in [0.2, 0.25) is 0 Å². The van der Waals surface area contributed by atoms with Gasteiger partial charge in [0.05, 0.1) is 17.9 Å². The Bertz CT molecular complexity index is 694. The van der Waals surface area contributed by atoms with Crippen molar-refractivity contribution in [3.63, 3.8) is 0 Å². The van der Waals surface area contributed by atoms with Crippen molar-refractivity contribution in [3.8, 4) is 5.75 Å². The number of hydrogen-bond acceptors (Lipinski definition) is 4. The van der Waals surface area contributed by atoms with Gasteiger partial charge in [-0.2, -0.15) is 13.9 Å². The van der Waals surface area contributed by atoms with Crippen LogP contribution < -0.4 is 15.4 Å². The zero-order valence-electron chi connectivity index (χ0n) is 13.0. The van der Waals surface area contributed by atoms with Gasteiger partial charge >= 0.3 is 6.61 Å². The summed E-state index contributed by atoms with van der Waals surface area (Å²) in [6.07, 6.45) is 1.01. The Labute approximate surface area is 137 Å². The van der Waals surface area contributed by atoms with Crippen LogP contribution in [0.3, 0.4) is 0 Å². The van der Waals surface area contributed by atoms with Gasteiger partial charge in [0.2, 0.25) is 0 Å². The summed E-state index contributed by atoms with van der Waals surface area (Å²) in [5, 5.41) is 10.5. The molecule has 0 saturated carbocycles. The molecule has 1 aliphatic rings. The molecule has 0 aliphatic carbocycles. The Kier molecular flexibility index (Phi) is 5.05. The Morgan fingerprint density at radius 2 is 2.29 bits per heavy atom. The summed E-state index contributed by atoms with van der Waals surface area (Å²) >= 11 is 0. The zero-order valence-corrected chi connectivity index (χ0v) is 13.0. The Morgan fingerprint density at radius 1 is 1.42 bits per heavy atom. The van der Waals surface area contributed by atoms with E-state index in [1.807, 2.05) is 10.7 Å². The molecule has 2 heterocycles. The number of benzene rings is 1. The highest BCUT2D eigenvalue weighted by molar-refractivity contribution is 5.94.